The molecule has 1 aromatic heterocycles. The van der Waals surface area contributed by atoms with Gasteiger partial charge >= 0.3 is 0 Å². The molecule has 8 heteroatoms. The molecule has 0 aliphatic rings. The number of methoxy groups -OCH3 is 1. The highest BCUT2D eigenvalue weighted by molar-refractivity contribution is 7.88. The van der Waals surface area contributed by atoms with Crippen molar-refractivity contribution < 1.29 is 13.2 Å². The van der Waals surface area contributed by atoms with E-state index in [0.717, 1.165) is 17.6 Å². The van der Waals surface area contributed by atoms with Gasteiger partial charge in [-0.1, -0.05) is 18.2 Å². The lowest BCUT2D eigenvalue weighted by Gasteiger charge is -2.05. The van der Waals surface area contributed by atoms with Gasteiger partial charge in [0.25, 0.3) is 0 Å². The number of para-hydroxylation sites is 1. The molecule has 0 unspecified atom stereocenters. The van der Waals surface area contributed by atoms with Gasteiger partial charge in [-0.3, -0.25) is 5.10 Å². The summed E-state index contributed by atoms with van der Waals surface area (Å²) in [6.07, 6.45) is 1.63. The van der Waals surface area contributed by atoms with E-state index in [2.05, 4.69) is 19.9 Å². The Morgan fingerprint density at radius 2 is 2.10 bits per heavy atom. The van der Waals surface area contributed by atoms with Crippen molar-refractivity contribution in [2.45, 2.75) is 13.0 Å². The Morgan fingerprint density at radius 1 is 1.35 bits per heavy atom. The minimum absolute atomic E-state index is 0.0707. The fraction of sp³-hybridized carbons (Fsp3) is 0.333. The van der Waals surface area contributed by atoms with Gasteiger partial charge in [0.1, 0.15) is 11.6 Å². The molecule has 108 valence electrons. The molecule has 20 heavy (non-hydrogen) atoms. The Balaban J connectivity index is 2.06. The number of hydrogen-bond acceptors (Lipinski definition) is 5. The third-order valence-electron chi connectivity index (χ3n) is 2.62. The van der Waals surface area contributed by atoms with Gasteiger partial charge in [0.2, 0.25) is 10.0 Å². The predicted octanol–water partition coefficient (Wildman–Crippen LogP) is 0.453. The average molecular weight is 296 g/mol. The second kappa shape index (κ2) is 6.02. The van der Waals surface area contributed by atoms with Crippen molar-refractivity contribution in [1.29, 1.82) is 0 Å². The van der Waals surface area contributed by atoms with Crippen molar-refractivity contribution in [3.8, 4) is 5.75 Å². The molecule has 0 aliphatic heterocycles. The van der Waals surface area contributed by atoms with Gasteiger partial charge < -0.3 is 4.74 Å². The molecule has 1 heterocycles. The zero-order valence-electron chi connectivity index (χ0n) is 11.3. The van der Waals surface area contributed by atoms with Gasteiger partial charge in [-0.15, -0.1) is 0 Å². The lowest BCUT2D eigenvalue weighted by Crippen LogP contribution is -2.21. The topological polar surface area (TPSA) is 97.0 Å². The van der Waals surface area contributed by atoms with Crippen molar-refractivity contribution in [3.63, 3.8) is 0 Å². The minimum Gasteiger partial charge on any atom is -0.496 e. The summed E-state index contributed by atoms with van der Waals surface area (Å²) in [6, 6.07) is 7.62. The monoisotopic (exact) mass is 296 g/mol. The molecule has 0 saturated heterocycles. The van der Waals surface area contributed by atoms with Crippen molar-refractivity contribution in [2.75, 3.05) is 13.4 Å². The third kappa shape index (κ3) is 4.04. The normalized spacial score (nSPS) is 11.5. The molecule has 2 aromatic rings. The Bertz CT molecular complexity index is 682. The first-order chi connectivity index (χ1) is 9.48. The summed E-state index contributed by atoms with van der Waals surface area (Å²) in [5.41, 5.74) is 0.980. The smallest absolute Gasteiger partial charge is 0.209 e. The van der Waals surface area contributed by atoms with E-state index in [1.807, 2.05) is 24.3 Å². The number of nitrogens with zero attached hydrogens (tertiary/aromatic N) is 2. The van der Waals surface area contributed by atoms with Crippen molar-refractivity contribution in [3.05, 3.63) is 41.5 Å². The zero-order valence-corrected chi connectivity index (χ0v) is 12.1. The molecule has 1 aromatic carbocycles. The maximum Gasteiger partial charge on any atom is 0.209 e. The van der Waals surface area contributed by atoms with Crippen LogP contribution in [0.3, 0.4) is 0 Å². The van der Waals surface area contributed by atoms with Gasteiger partial charge in [-0.2, -0.15) is 5.10 Å². The van der Waals surface area contributed by atoms with Gasteiger partial charge in [-0.05, 0) is 6.07 Å². The van der Waals surface area contributed by atoms with Gasteiger partial charge in [0.15, 0.2) is 5.82 Å². The molecule has 0 atom stereocenters. The summed E-state index contributed by atoms with van der Waals surface area (Å²) in [6.45, 7) is 0.0707. The Morgan fingerprint density at radius 3 is 2.80 bits per heavy atom. The van der Waals surface area contributed by atoms with Crippen LogP contribution in [0.4, 0.5) is 0 Å². The molecule has 0 fully saturated rings. The summed E-state index contributed by atoms with van der Waals surface area (Å²) in [5, 5.41) is 6.76. The molecule has 0 saturated carbocycles. The SMILES string of the molecule is COc1ccccc1Cc1nc(CNS(C)(=O)=O)n[nH]1. The molecule has 0 spiro atoms. The van der Waals surface area contributed by atoms with Crippen molar-refractivity contribution in [1.82, 2.24) is 19.9 Å². The number of rotatable bonds is 6. The van der Waals surface area contributed by atoms with Crippen LogP contribution < -0.4 is 9.46 Å². The van der Waals surface area contributed by atoms with Crippen LogP contribution in [0.1, 0.15) is 17.2 Å². The van der Waals surface area contributed by atoms with Crippen LogP contribution >= 0.6 is 0 Å². The number of H-pyrrole nitrogens is 1. The summed E-state index contributed by atoms with van der Waals surface area (Å²) < 4.78 is 29.6. The number of sulfonamides is 1. The number of nitrogens with one attached hydrogen (secondary N) is 2. The minimum atomic E-state index is -3.25. The maximum absolute atomic E-state index is 11.0. The fourth-order valence-electron chi connectivity index (χ4n) is 1.72. The van der Waals surface area contributed by atoms with Gasteiger partial charge in [0.05, 0.1) is 19.9 Å². The molecule has 0 amide bonds. The fourth-order valence-corrected chi connectivity index (χ4v) is 2.11. The summed E-state index contributed by atoms with van der Waals surface area (Å²) in [4.78, 5) is 4.23. The van der Waals surface area contributed by atoms with Gasteiger partial charge in [0, 0.05) is 12.0 Å². The predicted molar refractivity (Wildman–Crippen MR) is 73.9 cm³/mol. The van der Waals surface area contributed by atoms with Crippen LogP contribution in [-0.2, 0) is 23.0 Å². The molecule has 0 aliphatic carbocycles. The molecular weight excluding hydrogens is 280 g/mol. The number of ether oxygens (including phenoxy) is 1. The van der Waals surface area contributed by atoms with E-state index in [1.54, 1.807) is 7.11 Å². The maximum atomic E-state index is 11.0. The van der Waals surface area contributed by atoms with E-state index < -0.39 is 10.0 Å². The zero-order chi connectivity index (χ0) is 14.6. The second-order valence-corrected chi connectivity index (χ2v) is 6.11. The highest BCUT2D eigenvalue weighted by Crippen LogP contribution is 2.19. The molecular formula is C12H16N4O3S. The summed E-state index contributed by atoms with van der Waals surface area (Å²) >= 11 is 0. The van der Waals surface area contributed by atoms with Crippen molar-refractivity contribution >= 4 is 10.0 Å². The van der Waals surface area contributed by atoms with Crippen LogP contribution in [-0.4, -0.2) is 37.0 Å². The van der Waals surface area contributed by atoms with Crippen LogP contribution in [0.25, 0.3) is 0 Å². The van der Waals surface area contributed by atoms with Crippen LogP contribution in [0, 0.1) is 0 Å². The summed E-state index contributed by atoms with van der Waals surface area (Å²) in [5.74, 6) is 1.83. The number of aromatic amines is 1. The lowest BCUT2D eigenvalue weighted by atomic mass is 10.1. The van der Waals surface area contributed by atoms with E-state index in [9.17, 15) is 8.42 Å². The van der Waals surface area contributed by atoms with Crippen LogP contribution in [0.2, 0.25) is 0 Å². The van der Waals surface area contributed by atoms with Crippen molar-refractivity contribution in [2.24, 2.45) is 0 Å². The van der Waals surface area contributed by atoms with E-state index in [0.29, 0.717) is 18.1 Å². The first-order valence-electron chi connectivity index (χ1n) is 5.94. The standard InChI is InChI=1S/C12H16N4O3S/c1-19-10-6-4-3-5-9(10)7-11-14-12(16-15-11)8-13-20(2,17)18/h3-6,13H,7-8H2,1-2H3,(H,14,15,16). The number of hydrogen-bond donors (Lipinski definition) is 2. The third-order valence-corrected chi connectivity index (χ3v) is 3.29. The number of aromatic nitrogens is 3. The lowest BCUT2D eigenvalue weighted by molar-refractivity contribution is 0.410. The first-order valence-corrected chi connectivity index (χ1v) is 7.84. The largest absolute Gasteiger partial charge is 0.496 e. The Kier molecular flexibility index (Phi) is 4.35. The van der Waals surface area contributed by atoms with E-state index in [4.69, 9.17) is 4.74 Å². The van der Waals surface area contributed by atoms with Gasteiger partial charge in [-0.25, -0.2) is 18.1 Å². The van der Waals surface area contributed by atoms with Crippen LogP contribution in [0.15, 0.2) is 24.3 Å². The Hall–Kier alpha value is -1.93. The molecule has 0 radical (unpaired) electrons. The Labute approximate surface area is 117 Å². The van der Waals surface area contributed by atoms with Crippen LogP contribution in [0.5, 0.6) is 5.75 Å². The second-order valence-electron chi connectivity index (χ2n) is 4.28. The van der Waals surface area contributed by atoms with E-state index >= 15 is 0 Å². The van der Waals surface area contributed by atoms with E-state index in [1.165, 1.54) is 0 Å². The number of benzene rings is 1. The highest BCUT2D eigenvalue weighted by atomic mass is 32.2. The molecule has 7 nitrogen and oxygen atoms in total. The quantitative estimate of drug-likeness (QED) is 0.807. The summed E-state index contributed by atoms with van der Waals surface area (Å²) in [7, 11) is -1.63. The van der Waals surface area contributed by atoms with E-state index in [-0.39, 0.29) is 6.54 Å². The molecule has 0 bridgehead atoms. The average Bonchev–Trinajstić information content (AvgIpc) is 2.84. The first kappa shape index (κ1) is 14.5. The molecule has 2 N–H and O–H groups in total. The highest BCUT2D eigenvalue weighted by Gasteiger charge is 2.09. The molecule has 2 rings (SSSR count).